The molecule has 9 rings (SSSR count). The van der Waals surface area contributed by atoms with E-state index in [-0.39, 0.29) is 24.9 Å². The molecule has 1 saturated heterocycles. The fraction of sp³-hybridized carbons (Fsp3) is 0.391. The van der Waals surface area contributed by atoms with Gasteiger partial charge >= 0.3 is 7.12 Å². The lowest BCUT2D eigenvalue weighted by Crippen LogP contribution is -2.41. The molecule has 7 heterocycles. The topological polar surface area (TPSA) is 242 Å². The average molecular weight is 1010 g/mol. The van der Waals surface area contributed by atoms with Crippen LogP contribution in [0.2, 0.25) is 0 Å². The Morgan fingerprint density at radius 1 is 0.667 bits per heavy atom. The second kappa shape index (κ2) is 18.8. The minimum absolute atomic E-state index is 0.285. The molecule has 0 unspecified atom stereocenters. The Hall–Kier alpha value is -5.81. The van der Waals surface area contributed by atoms with Crippen LogP contribution in [0.25, 0.3) is 55.1 Å². The third kappa shape index (κ3) is 10.7. The van der Waals surface area contributed by atoms with Gasteiger partial charge in [0.05, 0.1) is 70.5 Å². The Balaban J connectivity index is 0.000000153. The normalized spacial score (nSPS) is 14.6. The molecular weight excluding hydrogens is 954 g/mol. The van der Waals surface area contributed by atoms with Crippen molar-refractivity contribution in [3.63, 3.8) is 0 Å². The van der Waals surface area contributed by atoms with Crippen LogP contribution in [0, 0.1) is 3.70 Å². The molecule has 6 aromatic heterocycles. The number of rotatable bonds is 10. The predicted octanol–water partition coefficient (Wildman–Crippen LogP) is 6.51. The number of hydrogen-bond donors (Lipinski definition) is 4. The highest BCUT2D eigenvalue weighted by Gasteiger charge is 2.51. The monoisotopic (exact) mass is 1010 g/mol. The molecule has 1 aliphatic heterocycles. The summed E-state index contributed by atoms with van der Waals surface area (Å²) in [6, 6.07) is 19.6. The van der Waals surface area contributed by atoms with Gasteiger partial charge in [0.25, 0.3) is 0 Å². The molecule has 0 spiro atoms. The number of fused-ring (bicyclic) bond motifs is 4. The number of benzene rings is 2. The van der Waals surface area contributed by atoms with Gasteiger partial charge in [0.15, 0.2) is 11.3 Å². The molecule has 66 heavy (non-hydrogen) atoms. The summed E-state index contributed by atoms with van der Waals surface area (Å²) in [6.45, 7) is 20.8. The lowest BCUT2D eigenvalue weighted by atomic mass is 9.78. The first-order valence-electron chi connectivity index (χ1n) is 21.5. The van der Waals surface area contributed by atoms with Gasteiger partial charge in [-0.3, -0.25) is 0 Å². The van der Waals surface area contributed by atoms with Crippen LogP contribution < -0.4 is 26.4 Å². The van der Waals surface area contributed by atoms with Crippen LogP contribution in [-0.2, 0) is 22.4 Å². The molecule has 1 fully saturated rings. The first-order valence-corrected chi connectivity index (χ1v) is 22.6. The van der Waals surface area contributed by atoms with Gasteiger partial charge in [-0.15, -0.1) is 0 Å². The van der Waals surface area contributed by atoms with Crippen LogP contribution in [0.1, 0.15) is 69.2 Å². The van der Waals surface area contributed by atoms with Crippen molar-refractivity contribution in [1.29, 1.82) is 0 Å². The Labute approximate surface area is 396 Å². The van der Waals surface area contributed by atoms with Crippen LogP contribution in [0.5, 0.6) is 11.8 Å². The van der Waals surface area contributed by atoms with E-state index in [1.165, 1.54) is 12.7 Å². The predicted molar refractivity (Wildman–Crippen MR) is 265 cm³/mol. The Bertz CT molecular complexity index is 3000. The molecule has 0 bridgehead atoms. The van der Waals surface area contributed by atoms with Gasteiger partial charge < -0.3 is 40.5 Å². The summed E-state index contributed by atoms with van der Waals surface area (Å²) in [5, 5.41) is 32.4. The van der Waals surface area contributed by atoms with Crippen LogP contribution in [0.4, 0.5) is 11.6 Å². The van der Waals surface area contributed by atoms with E-state index in [9.17, 15) is 10.2 Å². The molecule has 0 atom stereocenters. The molecule has 0 aliphatic carbocycles. The number of nitrogens with two attached hydrogens (primary N) is 2. The van der Waals surface area contributed by atoms with E-state index in [4.69, 9.17) is 30.2 Å². The van der Waals surface area contributed by atoms with Gasteiger partial charge in [0.1, 0.15) is 33.7 Å². The number of hydrogen-bond acceptors (Lipinski definition) is 16. The SMILES string of the molecule is CC(C)(O)Cn1nc(I)c2c(N)ncnc21.CCOc1ccc2cc(-c3nn(CC(C)(C)O)c4ncnc(N)c34)ccc2n1.CCOc1ccc2cc(B3OC(C)(C)C(C)(C)O3)ccc2n1. The van der Waals surface area contributed by atoms with Gasteiger partial charge in [-0.05, 0) is 128 Å². The van der Waals surface area contributed by atoms with Crippen molar-refractivity contribution in [3.8, 4) is 23.0 Å². The number of aliphatic hydroxyl groups is 2. The molecule has 20 heteroatoms. The maximum atomic E-state index is 10.2. The maximum Gasteiger partial charge on any atom is 0.494 e. The van der Waals surface area contributed by atoms with Crippen LogP contribution in [0.3, 0.4) is 0 Å². The smallest absolute Gasteiger partial charge is 0.478 e. The number of pyridine rings is 2. The first kappa shape index (κ1) is 48.1. The third-order valence-electron chi connectivity index (χ3n) is 10.9. The summed E-state index contributed by atoms with van der Waals surface area (Å²) in [5.74, 6) is 2.02. The number of ether oxygens (including phenoxy) is 2. The zero-order valence-corrected chi connectivity index (χ0v) is 41.0. The maximum absolute atomic E-state index is 10.2. The van der Waals surface area contributed by atoms with Crippen molar-refractivity contribution in [1.82, 2.24) is 49.5 Å². The molecule has 0 amide bonds. The van der Waals surface area contributed by atoms with Gasteiger partial charge in [-0.1, -0.05) is 18.2 Å². The van der Waals surface area contributed by atoms with Crippen LogP contribution in [0.15, 0.2) is 73.3 Å². The van der Waals surface area contributed by atoms with E-state index < -0.39 is 11.2 Å². The molecule has 8 aromatic rings. The molecule has 346 valence electrons. The Morgan fingerprint density at radius 3 is 1.68 bits per heavy atom. The third-order valence-corrected chi connectivity index (χ3v) is 11.6. The second-order valence-electron chi connectivity index (χ2n) is 18.1. The van der Waals surface area contributed by atoms with Gasteiger partial charge in [0.2, 0.25) is 11.8 Å². The molecule has 18 nitrogen and oxygen atoms in total. The quantitative estimate of drug-likeness (QED) is 0.0843. The molecule has 2 aromatic carbocycles. The highest BCUT2D eigenvalue weighted by Crippen LogP contribution is 2.37. The molecule has 1 aliphatic rings. The van der Waals surface area contributed by atoms with Crippen molar-refractivity contribution in [2.24, 2.45) is 0 Å². The highest BCUT2D eigenvalue weighted by molar-refractivity contribution is 14.1. The van der Waals surface area contributed by atoms with Crippen molar-refractivity contribution >= 4 is 90.7 Å². The first-order chi connectivity index (χ1) is 31.1. The molecule has 6 N–H and O–H groups in total. The van der Waals surface area contributed by atoms with Gasteiger partial charge in [-0.25, -0.2) is 39.3 Å². The largest absolute Gasteiger partial charge is 0.494 e. The summed E-state index contributed by atoms with van der Waals surface area (Å²) in [6.07, 6.45) is 2.81. The molecular formula is C46H56BIN12O6. The van der Waals surface area contributed by atoms with E-state index in [1.54, 1.807) is 37.1 Å². The van der Waals surface area contributed by atoms with Gasteiger partial charge in [0, 0.05) is 28.5 Å². The zero-order chi connectivity index (χ0) is 47.8. The Kier molecular flexibility index (Phi) is 13.7. The lowest BCUT2D eigenvalue weighted by Gasteiger charge is -2.32. The fourth-order valence-electron chi connectivity index (χ4n) is 7.13. The standard InChI is InChI=1S/C20H22N6O2.C17H22BNO3.C9H12IN5O/c1-4-28-15-8-6-12-9-13(5-7-14(12)24-15)17-16-18(21)22-11-23-19(16)26(25-17)10-20(2,3)27;1-6-20-15-10-7-12-11-13(8-9-14(12)19-15)18-21-16(2,3)17(4,5)22-18;1-9(2,16)3-15-8-5(6(10)14-15)7(11)12-4-13-8/h5-9,11,27H,4,10H2,1-3H3,(H2,21,22,23);7-11H,6H2,1-5H3;4,16H,3H2,1-2H3,(H2,11,12,13). The number of anilines is 2. The molecule has 0 saturated carbocycles. The minimum atomic E-state index is -0.946. The van der Waals surface area contributed by atoms with Crippen LogP contribution in [-0.4, -0.2) is 102 Å². The zero-order valence-electron chi connectivity index (χ0n) is 38.9. The fourth-order valence-corrected chi connectivity index (χ4v) is 7.91. The van der Waals surface area contributed by atoms with Crippen molar-refractivity contribution < 1.29 is 29.0 Å². The summed E-state index contributed by atoms with van der Waals surface area (Å²) in [7, 11) is -0.346. The summed E-state index contributed by atoms with van der Waals surface area (Å²) >= 11 is 2.08. The minimum Gasteiger partial charge on any atom is -0.478 e. The van der Waals surface area contributed by atoms with Gasteiger partial charge in [-0.2, -0.15) is 10.2 Å². The van der Waals surface area contributed by atoms with E-state index in [2.05, 4.69) is 96.5 Å². The highest BCUT2D eigenvalue weighted by atomic mass is 127. The van der Waals surface area contributed by atoms with E-state index in [0.717, 1.165) is 41.9 Å². The lowest BCUT2D eigenvalue weighted by molar-refractivity contribution is 0.00578. The van der Waals surface area contributed by atoms with Crippen LogP contribution >= 0.6 is 22.6 Å². The summed E-state index contributed by atoms with van der Waals surface area (Å²) in [5.41, 5.74) is 15.0. The average Bonchev–Trinajstić information content (AvgIpc) is 3.84. The van der Waals surface area contributed by atoms with Crippen molar-refractivity contribution in [2.75, 3.05) is 24.7 Å². The Morgan fingerprint density at radius 2 is 1.15 bits per heavy atom. The van der Waals surface area contributed by atoms with Crippen molar-refractivity contribution in [3.05, 3.63) is 77.0 Å². The molecule has 0 radical (unpaired) electrons. The van der Waals surface area contributed by atoms with E-state index in [0.29, 0.717) is 65.5 Å². The second-order valence-corrected chi connectivity index (χ2v) is 19.1. The van der Waals surface area contributed by atoms with Crippen molar-refractivity contribution in [2.45, 2.75) is 105 Å². The van der Waals surface area contributed by atoms with E-state index >= 15 is 0 Å². The number of halogens is 1. The number of nitrogen functional groups attached to an aromatic ring is 2. The summed E-state index contributed by atoms with van der Waals surface area (Å²) < 4.78 is 27.2. The number of aromatic nitrogens is 10. The van der Waals surface area contributed by atoms with E-state index in [1.807, 2.05) is 68.4 Å². The summed E-state index contributed by atoms with van der Waals surface area (Å²) in [4.78, 5) is 25.5. The number of nitrogens with zero attached hydrogens (tertiary/aromatic N) is 10.